The van der Waals surface area contributed by atoms with Gasteiger partial charge in [0.1, 0.15) is 5.75 Å². The van der Waals surface area contributed by atoms with Gasteiger partial charge in [-0.05, 0) is 54.4 Å². The molecular weight excluding hydrogens is 334 g/mol. The molecule has 0 aromatic heterocycles. The van der Waals surface area contributed by atoms with Crippen LogP contribution in [0.5, 0.6) is 17.2 Å². The molecule has 0 unspecified atom stereocenters. The molecule has 0 saturated carbocycles. The molecule has 3 rings (SSSR count). The van der Waals surface area contributed by atoms with Crippen LogP contribution < -0.4 is 25.0 Å². The Labute approximate surface area is 152 Å². The maximum Gasteiger partial charge on any atom is 0.339 e. The summed E-state index contributed by atoms with van der Waals surface area (Å²) in [5, 5.41) is 6.62. The molecule has 2 N–H and O–H groups in total. The number of carbonyl (C=O) groups excluding carboxylic acids is 1. The van der Waals surface area contributed by atoms with Crippen molar-refractivity contribution in [2.45, 2.75) is 19.8 Å². The summed E-state index contributed by atoms with van der Waals surface area (Å²) in [6, 6.07) is 12.2. The maximum absolute atomic E-state index is 11.9. The van der Waals surface area contributed by atoms with Crippen LogP contribution in [0.3, 0.4) is 0 Å². The minimum Gasteiger partial charge on any atom is -0.494 e. The minimum absolute atomic E-state index is 0.221. The summed E-state index contributed by atoms with van der Waals surface area (Å²) in [4.78, 5) is 11.9. The van der Waals surface area contributed by atoms with Gasteiger partial charge in [-0.3, -0.25) is 0 Å². The van der Waals surface area contributed by atoms with E-state index in [4.69, 9.17) is 14.2 Å². The second-order valence-electron chi connectivity index (χ2n) is 5.66. The largest absolute Gasteiger partial charge is 0.494 e. The first kappa shape index (κ1) is 17.6. The molecule has 0 radical (unpaired) electrons. The smallest absolute Gasteiger partial charge is 0.339 e. The molecule has 2 aromatic carbocycles. The SMILES string of the molecule is CCCCOc1ccc(NC(=O)N/N=C\c2ccc3c(c2)OCO3)cc1. The molecule has 7 heteroatoms. The number of fused-ring (bicyclic) bond motifs is 1. The van der Waals surface area contributed by atoms with E-state index in [1.54, 1.807) is 24.3 Å². The van der Waals surface area contributed by atoms with Crippen LogP contribution in [0.4, 0.5) is 10.5 Å². The fraction of sp³-hybridized carbons (Fsp3) is 0.263. The van der Waals surface area contributed by atoms with E-state index >= 15 is 0 Å². The molecule has 0 fully saturated rings. The summed E-state index contributed by atoms with van der Waals surface area (Å²) >= 11 is 0. The zero-order chi connectivity index (χ0) is 18.2. The quantitative estimate of drug-likeness (QED) is 0.450. The minimum atomic E-state index is -0.429. The first-order chi connectivity index (χ1) is 12.7. The van der Waals surface area contributed by atoms with E-state index in [0.29, 0.717) is 23.8 Å². The Hall–Kier alpha value is -3.22. The van der Waals surface area contributed by atoms with Crippen LogP contribution in [-0.2, 0) is 0 Å². The Kier molecular flexibility index (Phi) is 5.92. The molecule has 0 saturated heterocycles. The van der Waals surface area contributed by atoms with E-state index in [1.807, 2.05) is 18.2 Å². The molecule has 0 atom stereocenters. The number of urea groups is 1. The van der Waals surface area contributed by atoms with Gasteiger partial charge in [-0.25, -0.2) is 10.2 Å². The Bertz CT molecular complexity index is 775. The number of amides is 2. The molecule has 0 bridgehead atoms. The fourth-order valence-electron chi connectivity index (χ4n) is 2.29. The highest BCUT2D eigenvalue weighted by molar-refractivity contribution is 5.90. The van der Waals surface area contributed by atoms with Crippen molar-refractivity contribution >= 4 is 17.9 Å². The van der Waals surface area contributed by atoms with Crippen LogP contribution in [0.2, 0.25) is 0 Å². The molecule has 26 heavy (non-hydrogen) atoms. The monoisotopic (exact) mass is 355 g/mol. The number of rotatable bonds is 7. The number of hydrogen-bond donors (Lipinski definition) is 2. The van der Waals surface area contributed by atoms with Gasteiger partial charge in [0.2, 0.25) is 6.79 Å². The van der Waals surface area contributed by atoms with Crippen LogP contribution in [0.15, 0.2) is 47.6 Å². The Morgan fingerprint density at radius 3 is 2.81 bits per heavy atom. The predicted octanol–water partition coefficient (Wildman–Crippen LogP) is 3.75. The van der Waals surface area contributed by atoms with Crippen LogP contribution in [0.1, 0.15) is 25.3 Å². The van der Waals surface area contributed by atoms with Crippen LogP contribution >= 0.6 is 0 Å². The number of hydrazone groups is 1. The third-order valence-electron chi connectivity index (χ3n) is 3.66. The maximum atomic E-state index is 11.9. The lowest BCUT2D eigenvalue weighted by molar-refractivity contribution is 0.174. The van der Waals surface area contributed by atoms with Crippen LogP contribution in [0, 0.1) is 0 Å². The lowest BCUT2D eigenvalue weighted by Gasteiger charge is -2.07. The summed E-state index contributed by atoms with van der Waals surface area (Å²) < 4.78 is 16.1. The molecule has 0 spiro atoms. The highest BCUT2D eigenvalue weighted by atomic mass is 16.7. The predicted molar refractivity (Wildman–Crippen MR) is 99.2 cm³/mol. The highest BCUT2D eigenvalue weighted by Crippen LogP contribution is 2.31. The van der Waals surface area contributed by atoms with Crippen LogP contribution in [0.25, 0.3) is 0 Å². The van der Waals surface area contributed by atoms with E-state index < -0.39 is 6.03 Å². The van der Waals surface area contributed by atoms with Gasteiger partial charge in [0, 0.05) is 5.69 Å². The van der Waals surface area contributed by atoms with Crippen molar-refractivity contribution < 1.29 is 19.0 Å². The van der Waals surface area contributed by atoms with Gasteiger partial charge >= 0.3 is 6.03 Å². The first-order valence-corrected chi connectivity index (χ1v) is 8.47. The summed E-state index contributed by atoms with van der Waals surface area (Å²) in [7, 11) is 0. The third kappa shape index (κ3) is 4.89. The molecule has 136 valence electrons. The van der Waals surface area contributed by atoms with Crippen molar-refractivity contribution in [3.63, 3.8) is 0 Å². The Balaban J connectivity index is 1.46. The van der Waals surface area contributed by atoms with E-state index in [2.05, 4.69) is 22.8 Å². The molecule has 1 aliphatic heterocycles. The summed E-state index contributed by atoms with van der Waals surface area (Å²) in [6.07, 6.45) is 3.64. The number of nitrogens with zero attached hydrogens (tertiary/aromatic N) is 1. The van der Waals surface area contributed by atoms with Crippen molar-refractivity contribution in [2.24, 2.45) is 5.10 Å². The number of unbranched alkanes of at least 4 members (excludes halogenated alkanes) is 1. The standard InChI is InChI=1S/C19H21N3O4/c1-2-3-10-24-16-7-5-15(6-8-16)21-19(23)22-20-12-14-4-9-17-18(11-14)26-13-25-17/h4-9,11-12H,2-3,10,13H2,1H3,(H2,21,22,23)/b20-12-. The summed E-state index contributed by atoms with van der Waals surface area (Å²) in [5.41, 5.74) is 3.87. The van der Waals surface area contributed by atoms with Crippen molar-refractivity contribution in [2.75, 3.05) is 18.7 Å². The molecule has 2 amide bonds. The second kappa shape index (κ2) is 8.75. The Morgan fingerprint density at radius 1 is 1.19 bits per heavy atom. The average Bonchev–Trinajstić information content (AvgIpc) is 3.11. The topological polar surface area (TPSA) is 81.2 Å². The lowest BCUT2D eigenvalue weighted by atomic mass is 10.2. The second-order valence-corrected chi connectivity index (χ2v) is 5.66. The molecule has 7 nitrogen and oxygen atoms in total. The van der Waals surface area contributed by atoms with Gasteiger partial charge in [-0.2, -0.15) is 5.10 Å². The van der Waals surface area contributed by atoms with Gasteiger partial charge in [-0.15, -0.1) is 0 Å². The number of anilines is 1. The fourth-order valence-corrected chi connectivity index (χ4v) is 2.29. The number of nitrogens with one attached hydrogen (secondary N) is 2. The highest BCUT2D eigenvalue weighted by Gasteiger charge is 2.12. The molecule has 1 aliphatic rings. The van der Waals surface area contributed by atoms with Gasteiger partial charge in [-0.1, -0.05) is 13.3 Å². The van der Waals surface area contributed by atoms with E-state index in [1.165, 1.54) is 6.21 Å². The summed E-state index contributed by atoms with van der Waals surface area (Å²) in [5.74, 6) is 2.15. The first-order valence-electron chi connectivity index (χ1n) is 8.47. The van der Waals surface area contributed by atoms with E-state index in [0.717, 1.165) is 24.2 Å². The lowest BCUT2D eigenvalue weighted by Crippen LogP contribution is -2.24. The summed E-state index contributed by atoms with van der Waals surface area (Å²) in [6.45, 7) is 3.03. The molecule has 0 aliphatic carbocycles. The Morgan fingerprint density at radius 2 is 2.00 bits per heavy atom. The zero-order valence-corrected chi connectivity index (χ0v) is 14.5. The van der Waals surface area contributed by atoms with Crippen LogP contribution in [-0.4, -0.2) is 25.6 Å². The van der Waals surface area contributed by atoms with E-state index in [9.17, 15) is 4.79 Å². The number of hydrogen-bond acceptors (Lipinski definition) is 5. The van der Waals surface area contributed by atoms with Gasteiger partial charge in [0.15, 0.2) is 11.5 Å². The van der Waals surface area contributed by atoms with Gasteiger partial charge in [0.05, 0.1) is 12.8 Å². The van der Waals surface area contributed by atoms with Crippen molar-refractivity contribution in [1.82, 2.24) is 5.43 Å². The molecule has 2 aromatic rings. The van der Waals surface area contributed by atoms with Crippen molar-refractivity contribution in [3.8, 4) is 17.2 Å². The molecule has 1 heterocycles. The molecular formula is C19H21N3O4. The number of carbonyl (C=O) groups is 1. The van der Waals surface area contributed by atoms with Gasteiger partial charge < -0.3 is 19.5 Å². The van der Waals surface area contributed by atoms with Crippen molar-refractivity contribution in [3.05, 3.63) is 48.0 Å². The zero-order valence-electron chi connectivity index (χ0n) is 14.5. The normalized spacial score (nSPS) is 12.2. The number of ether oxygens (including phenoxy) is 3. The van der Waals surface area contributed by atoms with E-state index in [-0.39, 0.29) is 6.79 Å². The van der Waals surface area contributed by atoms with Crippen molar-refractivity contribution in [1.29, 1.82) is 0 Å². The number of benzene rings is 2. The third-order valence-corrected chi connectivity index (χ3v) is 3.66. The average molecular weight is 355 g/mol. The van der Waals surface area contributed by atoms with Gasteiger partial charge in [0.25, 0.3) is 0 Å².